The number of alkyl halides is 1. The maximum atomic E-state index is 11.5. The number of hydrogen-bond donors (Lipinski definition) is 1. The molecule has 0 saturated heterocycles. The first kappa shape index (κ1) is 11.7. The van der Waals surface area contributed by atoms with Gasteiger partial charge in [0.05, 0.1) is 18.2 Å². The van der Waals surface area contributed by atoms with Crippen LogP contribution in [0, 0.1) is 0 Å². The van der Waals surface area contributed by atoms with E-state index in [1.165, 1.54) is 0 Å². The molecule has 80 valence electrons. The number of carboxylic acid groups (broad SMARTS) is 1. The first-order valence-corrected chi connectivity index (χ1v) is 5.04. The summed E-state index contributed by atoms with van der Waals surface area (Å²) < 4.78 is 0. The Hall–Kier alpha value is -1.35. The summed E-state index contributed by atoms with van der Waals surface area (Å²) in [4.78, 5) is 22.1. The molecule has 0 bridgehead atoms. The predicted molar refractivity (Wildman–Crippen MR) is 57.2 cm³/mol. The van der Waals surface area contributed by atoms with E-state index in [0.717, 1.165) is 0 Å². The molecule has 4 heteroatoms. The maximum Gasteiger partial charge on any atom is 0.304 e. The number of halogens is 1. The molecule has 15 heavy (non-hydrogen) atoms. The van der Waals surface area contributed by atoms with E-state index in [4.69, 9.17) is 16.7 Å². The fraction of sp³-hybridized carbons (Fsp3) is 0.273. The zero-order valence-corrected chi connectivity index (χ0v) is 8.78. The van der Waals surface area contributed by atoms with E-state index in [9.17, 15) is 9.59 Å². The van der Waals surface area contributed by atoms with Crippen LogP contribution in [0.25, 0.3) is 0 Å². The van der Waals surface area contributed by atoms with Gasteiger partial charge in [0.25, 0.3) is 0 Å². The number of Topliss-reactive ketones (excluding diaryl/α,β-unsaturated/α-hetero) is 1. The highest BCUT2D eigenvalue weighted by molar-refractivity contribution is 6.28. The minimum absolute atomic E-state index is 0.160. The Morgan fingerprint density at radius 2 is 1.87 bits per heavy atom. The van der Waals surface area contributed by atoms with Gasteiger partial charge in [0.2, 0.25) is 0 Å². The Labute approximate surface area is 92.7 Å². The minimum Gasteiger partial charge on any atom is -0.481 e. The molecule has 1 N–H and O–H groups in total. The van der Waals surface area contributed by atoms with Gasteiger partial charge in [0.1, 0.15) is 0 Å². The summed E-state index contributed by atoms with van der Waals surface area (Å²) in [6.45, 7) is 0. The van der Waals surface area contributed by atoms with Crippen molar-refractivity contribution in [2.24, 2.45) is 0 Å². The predicted octanol–water partition coefficient (Wildman–Crippen LogP) is 2.05. The van der Waals surface area contributed by atoms with Crippen molar-refractivity contribution in [3.63, 3.8) is 0 Å². The van der Waals surface area contributed by atoms with Crippen LogP contribution in [-0.4, -0.2) is 22.7 Å². The number of rotatable bonds is 5. The van der Waals surface area contributed by atoms with Gasteiger partial charge < -0.3 is 5.11 Å². The lowest BCUT2D eigenvalue weighted by Gasteiger charge is -2.12. The van der Waals surface area contributed by atoms with Crippen molar-refractivity contribution < 1.29 is 14.7 Å². The van der Waals surface area contributed by atoms with E-state index in [0.29, 0.717) is 5.56 Å². The van der Waals surface area contributed by atoms with Gasteiger partial charge >= 0.3 is 5.97 Å². The quantitative estimate of drug-likeness (QED) is 0.782. The number of aliphatic carboxylic acids is 1. The third-order valence-electron chi connectivity index (χ3n) is 2.10. The summed E-state index contributed by atoms with van der Waals surface area (Å²) >= 11 is 5.44. The Morgan fingerprint density at radius 1 is 1.27 bits per heavy atom. The van der Waals surface area contributed by atoms with Gasteiger partial charge in [-0.05, 0) is 5.56 Å². The van der Waals surface area contributed by atoms with Gasteiger partial charge in [-0.25, -0.2) is 0 Å². The van der Waals surface area contributed by atoms with Crippen LogP contribution in [0.2, 0.25) is 0 Å². The summed E-state index contributed by atoms with van der Waals surface area (Å²) in [6.07, 6.45) is -0.213. The number of carboxylic acids is 1. The van der Waals surface area contributed by atoms with Crippen LogP contribution in [0.3, 0.4) is 0 Å². The second-order valence-corrected chi connectivity index (χ2v) is 3.43. The van der Waals surface area contributed by atoms with E-state index in [1.54, 1.807) is 24.3 Å². The number of ketones is 1. The molecule has 0 amide bonds. The van der Waals surface area contributed by atoms with E-state index < -0.39 is 11.9 Å². The lowest BCUT2D eigenvalue weighted by Crippen LogP contribution is -2.17. The third-order valence-corrected chi connectivity index (χ3v) is 2.36. The molecule has 0 aliphatic rings. The summed E-state index contributed by atoms with van der Waals surface area (Å²) in [5.41, 5.74) is 0.700. The van der Waals surface area contributed by atoms with Crippen LogP contribution >= 0.6 is 11.6 Å². The molecule has 1 aromatic carbocycles. The number of carbonyl (C=O) groups is 2. The first-order chi connectivity index (χ1) is 7.15. The molecule has 0 aliphatic heterocycles. The number of carbonyl (C=O) groups excluding carboxylic acids is 1. The van der Waals surface area contributed by atoms with Crippen molar-refractivity contribution in [3.8, 4) is 0 Å². The molecule has 1 unspecified atom stereocenters. The lowest BCUT2D eigenvalue weighted by molar-refractivity contribution is -0.139. The molecule has 0 aliphatic carbocycles. The van der Waals surface area contributed by atoms with Gasteiger partial charge in [-0.3, -0.25) is 9.59 Å². The molecule has 0 radical (unpaired) electrons. The zero-order chi connectivity index (χ0) is 11.3. The van der Waals surface area contributed by atoms with Crippen LogP contribution in [0.4, 0.5) is 0 Å². The average Bonchev–Trinajstić information content (AvgIpc) is 2.26. The smallest absolute Gasteiger partial charge is 0.304 e. The van der Waals surface area contributed by atoms with Crippen molar-refractivity contribution in [1.82, 2.24) is 0 Å². The second-order valence-electron chi connectivity index (χ2n) is 3.16. The molecule has 1 aromatic rings. The van der Waals surface area contributed by atoms with Gasteiger partial charge in [0.15, 0.2) is 5.78 Å². The molecule has 1 rings (SSSR count). The summed E-state index contributed by atoms with van der Waals surface area (Å²) in [7, 11) is 0. The Morgan fingerprint density at radius 3 is 2.33 bits per heavy atom. The fourth-order valence-electron chi connectivity index (χ4n) is 1.37. The normalized spacial score (nSPS) is 12.1. The van der Waals surface area contributed by atoms with Crippen molar-refractivity contribution >= 4 is 23.4 Å². The number of benzene rings is 1. The summed E-state index contributed by atoms with van der Waals surface area (Å²) in [5, 5.41) is 8.69. The van der Waals surface area contributed by atoms with Crippen LogP contribution in [-0.2, 0) is 9.59 Å². The van der Waals surface area contributed by atoms with Crippen molar-refractivity contribution in [2.45, 2.75) is 12.3 Å². The lowest BCUT2D eigenvalue weighted by atomic mass is 9.92. The van der Waals surface area contributed by atoms with E-state index in [-0.39, 0.29) is 18.1 Å². The summed E-state index contributed by atoms with van der Waals surface area (Å²) in [5.74, 6) is -2.05. The molecular formula is C11H11ClO3. The highest BCUT2D eigenvalue weighted by Crippen LogP contribution is 2.21. The summed E-state index contributed by atoms with van der Waals surface area (Å²) in [6, 6.07) is 8.82. The van der Waals surface area contributed by atoms with E-state index in [1.807, 2.05) is 6.07 Å². The molecule has 1 atom stereocenters. The second kappa shape index (κ2) is 5.51. The molecule has 0 fully saturated rings. The fourth-order valence-corrected chi connectivity index (χ4v) is 1.56. The Kier molecular flexibility index (Phi) is 4.31. The molecule has 0 heterocycles. The topological polar surface area (TPSA) is 54.4 Å². The number of hydrogen-bond acceptors (Lipinski definition) is 2. The largest absolute Gasteiger partial charge is 0.481 e. The standard InChI is InChI=1S/C11H11ClO3/c12-7-10(13)9(6-11(14)15)8-4-2-1-3-5-8/h1-5,9H,6-7H2,(H,14,15). The van der Waals surface area contributed by atoms with Crippen LogP contribution in [0.1, 0.15) is 17.9 Å². The van der Waals surface area contributed by atoms with Crippen molar-refractivity contribution in [1.29, 1.82) is 0 Å². The van der Waals surface area contributed by atoms with Crippen molar-refractivity contribution in [2.75, 3.05) is 5.88 Å². The molecule has 0 saturated carbocycles. The maximum absolute atomic E-state index is 11.5. The van der Waals surface area contributed by atoms with Crippen molar-refractivity contribution in [3.05, 3.63) is 35.9 Å². The molecule has 3 nitrogen and oxygen atoms in total. The van der Waals surface area contributed by atoms with Crippen LogP contribution in [0.15, 0.2) is 30.3 Å². The van der Waals surface area contributed by atoms with Crippen LogP contribution in [0.5, 0.6) is 0 Å². The molecular weight excluding hydrogens is 216 g/mol. The zero-order valence-electron chi connectivity index (χ0n) is 8.02. The Balaban J connectivity index is 2.91. The first-order valence-electron chi connectivity index (χ1n) is 4.50. The van der Waals surface area contributed by atoms with Gasteiger partial charge in [-0.1, -0.05) is 30.3 Å². The molecule has 0 aromatic heterocycles. The SMILES string of the molecule is O=C(O)CC(C(=O)CCl)c1ccccc1. The van der Waals surface area contributed by atoms with Gasteiger partial charge in [0, 0.05) is 0 Å². The van der Waals surface area contributed by atoms with E-state index in [2.05, 4.69) is 0 Å². The van der Waals surface area contributed by atoms with E-state index >= 15 is 0 Å². The third kappa shape index (κ3) is 3.36. The monoisotopic (exact) mass is 226 g/mol. The van der Waals surface area contributed by atoms with Gasteiger partial charge in [-0.2, -0.15) is 0 Å². The molecule has 0 spiro atoms. The highest BCUT2D eigenvalue weighted by atomic mass is 35.5. The van der Waals surface area contributed by atoms with Gasteiger partial charge in [-0.15, -0.1) is 11.6 Å². The average molecular weight is 227 g/mol. The highest BCUT2D eigenvalue weighted by Gasteiger charge is 2.22. The Bertz CT molecular complexity index is 348. The minimum atomic E-state index is -0.998. The van der Waals surface area contributed by atoms with Crippen LogP contribution < -0.4 is 0 Å².